The zero-order valence-electron chi connectivity index (χ0n) is 11.0. The average Bonchev–Trinajstić information content (AvgIpc) is 2.42. The Morgan fingerprint density at radius 3 is 2.53 bits per heavy atom. The third kappa shape index (κ3) is 3.78. The molecule has 1 aliphatic carbocycles. The van der Waals surface area contributed by atoms with E-state index in [4.69, 9.17) is 0 Å². The highest BCUT2D eigenvalue weighted by Gasteiger charge is 2.22. The predicted octanol–water partition coefficient (Wildman–Crippen LogP) is 4.60. The lowest BCUT2D eigenvalue weighted by atomic mass is 10.0. The molecule has 1 nitrogen and oxygen atoms in total. The second-order valence-electron chi connectivity index (χ2n) is 5.03. The zero-order chi connectivity index (χ0) is 13.8. The predicted molar refractivity (Wildman–Crippen MR) is 74.6 cm³/mol. The highest BCUT2D eigenvalue weighted by molar-refractivity contribution is 8.01. The van der Waals surface area contributed by atoms with E-state index in [1.807, 2.05) is 6.92 Å². The van der Waals surface area contributed by atoms with Crippen LogP contribution >= 0.6 is 11.8 Å². The van der Waals surface area contributed by atoms with Crippen molar-refractivity contribution in [2.24, 2.45) is 0 Å². The summed E-state index contributed by atoms with van der Waals surface area (Å²) in [4.78, 5) is 12.2. The van der Waals surface area contributed by atoms with Crippen LogP contribution in [0, 0.1) is 11.6 Å². The zero-order valence-corrected chi connectivity index (χ0v) is 11.8. The number of hydrogen-bond acceptors (Lipinski definition) is 2. The third-order valence-electron chi connectivity index (χ3n) is 3.52. The van der Waals surface area contributed by atoms with E-state index in [1.54, 1.807) is 11.8 Å². The normalized spacial score (nSPS) is 18.3. The van der Waals surface area contributed by atoms with Crippen molar-refractivity contribution < 1.29 is 13.6 Å². The summed E-state index contributed by atoms with van der Waals surface area (Å²) in [5.74, 6) is -1.99. The van der Waals surface area contributed by atoms with Crippen LogP contribution in [-0.2, 0) is 0 Å². The summed E-state index contributed by atoms with van der Waals surface area (Å²) in [6, 6.07) is 3.37. The Bertz CT molecular complexity index is 455. The lowest BCUT2D eigenvalue weighted by Crippen LogP contribution is -2.19. The molecule has 0 aliphatic heterocycles. The number of hydrogen-bond donors (Lipinski definition) is 0. The van der Waals surface area contributed by atoms with Crippen molar-refractivity contribution in [1.29, 1.82) is 0 Å². The van der Waals surface area contributed by atoms with E-state index in [0.717, 1.165) is 25.0 Å². The minimum absolute atomic E-state index is 0.116. The van der Waals surface area contributed by atoms with Crippen LogP contribution < -0.4 is 0 Å². The molecule has 0 bridgehead atoms. The molecule has 1 aromatic rings. The monoisotopic (exact) mass is 284 g/mol. The molecule has 2 rings (SSSR count). The molecule has 0 spiro atoms. The van der Waals surface area contributed by atoms with E-state index in [-0.39, 0.29) is 16.6 Å². The Morgan fingerprint density at radius 2 is 1.89 bits per heavy atom. The van der Waals surface area contributed by atoms with Gasteiger partial charge in [-0.3, -0.25) is 4.79 Å². The van der Waals surface area contributed by atoms with Crippen molar-refractivity contribution in [2.45, 2.75) is 49.5 Å². The lowest BCUT2D eigenvalue weighted by molar-refractivity contribution is 0.0993. The number of thioether (sulfide) groups is 1. The van der Waals surface area contributed by atoms with Crippen LogP contribution in [0.3, 0.4) is 0 Å². The van der Waals surface area contributed by atoms with Crippen LogP contribution in [0.15, 0.2) is 18.2 Å². The molecule has 1 unspecified atom stereocenters. The molecule has 0 amide bonds. The van der Waals surface area contributed by atoms with Gasteiger partial charge in [-0.15, -0.1) is 11.8 Å². The molecule has 0 N–H and O–H groups in total. The first kappa shape index (κ1) is 14.5. The van der Waals surface area contributed by atoms with Crippen molar-refractivity contribution in [3.63, 3.8) is 0 Å². The largest absolute Gasteiger partial charge is 0.293 e. The van der Waals surface area contributed by atoms with E-state index >= 15 is 0 Å². The van der Waals surface area contributed by atoms with Crippen LogP contribution in [0.2, 0.25) is 0 Å². The van der Waals surface area contributed by atoms with Crippen molar-refractivity contribution in [1.82, 2.24) is 0 Å². The molecule has 0 saturated heterocycles. The maximum absolute atomic E-state index is 13.1. The van der Waals surface area contributed by atoms with Gasteiger partial charge >= 0.3 is 0 Å². The number of halogens is 2. The van der Waals surface area contributed by atoms with E-state index in [9.17, 15) is 13.6 Å². The van der Waals surface area contributed by atoms with Crippen molar-refractivity contribution in [2.75, 3.05) is 0 Å². The van der Waals surface area contributed by atoms with Crippen molar-refractivity contribution in [3.05, 3.63) is 35.4 Å². The van der Waals surface area contributed by atoms with Gasteiger partial charge in [-0.1, -0.05) is 19.3 Å². The standard InChI is InChI=1S/C15H18F2OS/c1-10(19-12-5-3-2-4-6-12)15(18)11-7-8-13(16)14(17)9-11/h7-10,12H,2-6H2,1H3. The molecule has 1 aromatic carbocycles. The summed E-state index contributed by atoms with van der Waals surface area (Å²) in [6.45, 7) is 1.85. The molecule has 1 fully saturated rings. The number of carbonyl (C=O) groups is 1. The maximum Gasteiger partial charge on any atom is 0.175 e. The summed E-state index contributed by atoms with van der Waals surface area (Å²) >= 11 is 1.67. The minimum atomic E-state index is -0.958. The average molecular weight is 284 g/mol. The molecular weight excluding hydrogens is 266 g/mol. The number of benzene rings is 1. The van der Waals surface area contributed by atoms with Crippen LogP contribution in [0.25, 0.3) is 0 Å². The van der Waals surface area contributed by atoms with E-state index in [2.05, 4.69) is 0 Å². The minimum Gasteiger partial charge on any atom is -0.293 e. The molecule has 0 radical (unpaired) electrons. The number of carbonyl (C=O) groups excluding carboxylic acids is 1. The Hall–Kier alpha value is -0.900. The number of ketones is 1. The van der Waals surface area contributed by atoms with Gasteiger partial charge in [0.1, 0.15) is 0 Å². The lowest BCUT2D eigenvalue weighted by Gasteiger charge is -2.23. The number of rotatable bonds is 4. The Kier molecular flexibility index (Phi) is 4.97. The van der Waals surface area contributed by atoms with Gasteiger partial charge in [0.05, 0.1) is 5.25 Å². The van der Waals surface area contributed by atoms with Gasteiger partial charge in [0.25, 0.3) is 0 Å². The second kappa shape index (κ2) is 6.51. The van der Waals surface area contributed by atoms with Crippen LogP contribution in [0.4, 0.5) is 8.78 Å². The summed E-state index contributed by atoms with van der Waals surface area (Å²) in [5.41, 5.74) is 0.259. The van der Waals surface area contributed by atoms with Gasteiger partial charge in [0.2, 0.25) is 0 Å². The first-order valence-corrected chi connectivity index (χ1v) is 7.67. The van der Waals surface area contributed by atoms with E-state index in [1.165, 1.54) is 25.3 Å². The van der Waals surface area contributed by atoms with E-state index in [0.29, 0.717) is 5.25 Å². The molecular formula is C15H18F2OS. The molecule has 19 heavy (non-hydrogen) atoms. The van der Waals surface area contributed by atoms with E-state index < -0.39 is 11.6 Å². The number of Topliss-reactive ketones (excluding diaryl/α,β-unsaturated/α-hetero) is 1. The van der Waals surface area contributed by atoms with Crippen molar-refractivity contribution >= 4 is 17.5 Å². The highest BCUT2D eigenvalue weighted by atomic mass is 32.2. The summed E-state index contributed by atoms with van der Waals surface area (Å²) in [5, 5.41) is 0.325. The Labute approximate surface area is 116 Å². The fourth-order valence-electron chi connectivity index (χ4n) is 2.44. The maximum atomic E-state index is 13.1. The molecule has 1 atom stereocenters. The Balaban J connectivity index is 1.99. The fourth-order valence-corrected chi connectivity index (χ4v) is 3.88. The summed E-state index contributed by atoms with van der Waals surface area (Å²) in [6.07, 6.45) is 6.04. The highest BCUT2D eigenvalue weighted by Crippen LogP contribution is 2.32. The summed E-state index contributed by atoms with van der Waals surface area (Å²) < 4.78 is 26.0. The topological polar surface area (TPSA) is 17.1 Å². The second-order valence-corrected chi connectivity index (χ2v) is 6.68. The van der Waals surface area contributed by atoms with Crippen LogP contribution in [0.5, 0.6) is 0 Å². The quantitative estimate of drug-likeness (QED) is 0.751. The first-order valence-electron chi connectivity index (χ1n) is 6.72. The van der Waals surface area contributed by atoms with Gasteiger partial charge < -0.3 is 0 Å². The Morgan fingerprint density at radius 1 is 1.21 bits per heavy atom. The van der Waals surface area contributed by atoms with Crippen LogP contribution in [-0.4, -0.2) is 16.3 Å². The molecule has 0 heterocycles. The van der Waals surface area contributed by atoms with Gasteiger partial charge in [0, 0.05) is 10.8 Å². The SMILES string of the molecule is CC(SC1CCCCC1)C(=O)c1ccc(F)c(F)c1. The first-order chi connectivity index (χ1) is 9.08. The molecule has 1 aliphatic rings. The van der Waals surface area contributed by atoms with Crippen LogP contribution in [0.1, 0.15) is 49.4 Å². The molecule has 4 heteroatoms. The van der Waals surface area contributed by atoms with Gasteiger partial charge in [0.15, 0.2) is 17.4 Å². The summed E-state index contributed by atoms with van der Waals surface area (Å²) in [7, 11) is 0. The van der Waals surface area contributed by atoms with Crippen molar-refractivity contribution in [3.8, 4) is 0 Å². The molecule has 104 valence electrons. The molecule has 0 aromatic heterocycles. The fraction of sp³-hybridized carbons (Fsp3) is 0.533. The smallest absolute Gasteiger partial charge is 0.175 e. The van der Waals surface area contributed by atoms with Gasteiger partial charge in [-0.05, 0) is 38.0 Å². The van der Waals surface area contributed by atoms with Gasteiger partial charge in [-0.25, -0.2) is 8.78 Å². The van der Waals surface area contributed by atoms with Gasteiger partial charge in [-0.2, -0.15) is 0 Å². The third-order valence-corrected chi connectivity index (χ3v) is 5.00. The molecule has 1 saturated carbocycles.